The molecule has 0 aromatic heterocycles. The third-order valence-electron chi connectivity index (χ3n) is 14.4. The van der Waals surface area contributed by atoms with Gasteiger partial charge in [-0.15, -0.1) is 0 Å². The first-order chi connectivity index (χ1) is 38.0. The van der Waals surface area contributed by atoms with Crippen LogP contribution < -0.4 is 0 Å². The van der Waals surface area contributed by atoms with E-state index in [1.807, 2.05) is 0 Å². The van der Waals surface area contributed by atoms with Crippen LogP contribution in [0.3, 0.4) is 0 Å². The third kappa shape index (κ3) is 63.3. The molecule has 0 fully saturated rings. The number of hydrogen-bond donors (Lipinski definition) is 0. The predicted molar refractivity (Wildman–Crippen MR) is 334 cm³/mol. The maximum absolute atomic E-state index is 12.9. The minimum atomic E-state index is -0.805. The highest BCUT2D eigenvalue weighted by atomic mass is 16.6. The quantitative estimate of drug-likeness (QED) is 0.0261. The fourth-order valence-corrected chi connectivity index (χ4v) is 9.49. The van der Waals surface area contributed by atoms with E-state index in [0.29, 0.717) is 19.3 Å². The molecule has 1 unspecified atom stereocenters. The summed E-state index contributed by atoms with van der Waals surface area (Å²) in [5.41, 5.74) is 0. The summed E-state index contributed by atoms with van der Waals surface area (Å²) < 4.78 is 16.8. The molecule has 0 N–H and O–H groups in total. The lowest BCUT2D eigenvalue weighted by Crippen LogP contribution is -2.30. The first-order valence-corrected chi connectivity index (χ1v) is 33.1. The molecule has 1 atom stereocenters. The van der Waals surface area contributed by atoms with Gasteiger partial charge in [0.2, 0.25) is 0 Å². The molecule has 0 aliphatic carbocycles. The molecule has 0 rings (SSSR count). The largest absolute Gasteiger partial charge is 0.462 e. The summed E-state index contributed by atoms with van der Waals surface area (Å²) in [6, 6.07) is 0. The van der Waals surface area contributed by atoms with Crippen LogP contribution in [0.2, 0.25) is 0 Å². The van der Waals surface area contributed by atoms with E-state index in [9.17, 15) is 14.4 Å². The Bertz CT molecular complexity index is 1470. The lowest BCUT2D eigenvalue weighted by atomic mass is 10.0. The van der Waals surface area contributed by atoms with Crippen LogP contribution in [0.15, 0.2) is 85.1 Å². The van der Waals surface area contributed by atoms with Crippen molar-refractivity contribution in [3.63, 3.8) is 0 Å². The van der Waals surface area contributed by atoms with Crippen molar-refractivity contribution in [2.75, 3.05) is 13.2 Å². The Morgan fingerprint density at radius 3 is 0.779 bits per heavy atom. The van der Waals surface area contributed by atoms with Gasteiger partial charge in [0.05, 0.1) is 0 Å². The minimum absolute atomic E-state index is 0.0960. The van der Waals surface area contributed by atoms with Gasteiger partial charge in [-0.3, -0.25) is 14.4 Å². The average Bonchev–Trinajstić information content (AvgIpc) is 3.43. The van der Waals surface area contributed by atoms with Crippen molar-refractivity contribution < 1.29 is 28.6 Å². The lowest BCUT2D eigenvalue weighted by molar-refractivity contribution is -0.167. The normalized spacial score (nSPS) is 12.6. The summed E-state index contributed by atoms with van der Waals surface area (Å²) in [5, 5.41) is 0. The van der Waals surface area contributed by atoms with E-state index in [1.54, 1.807) is 0 Å². The zero-order chi connectivity index (χ0) is 55.7. The highest BCUT2D eigenvalue weighted by molar-refractivity contribution is 5.71. The molecule has 444 valence electrons. The fourth-order valence-electron chi connectivity index (χ4n) is 9.49. The Morgan fingerprint density at radius 2 is 0.506 bits per heavy atom. The van der Waals surface area contributed by atoms with Gasteiger partial charge in [0.1, 0.15) is 13.2 Å². The van der Waals surface area contributed by atoms with Crippen LogP contribution in [0.4, 0.5) is 0 Å². The molecule has 0 aliphatic rings. The Labute approximate surface area is 477 Å². The highest BCUT2D eigenvalue weighted by Gasteiger charge is 2.19. The average molecular weight is 1070 g/mol. The number of ether oxygens (including phenoxy) is 3. The molecule has 0 amide bonds. The van der Waals surface area contributed by atoms with Crippen molar-refractivity contribution in [3.05, 3.63) is 85.1 Å². The number of carbonyl (C=O) groups excluding carboxylic acids is 3. The zero-order valence-corrected chi connectivity index (χ0v) is 51.0. The van der Waals surface area contributed by atoms with Gasteiger partial charge in [-0.1, -0.05) is 324 Å². The first-order valence-electron chi connectivity index (χ1n) is 33.1. The molecular weight excluding hydrogens is 949 g/mol. The second kappa shape index (κ2) is 65.1. The number of rotatable bonds is 60. The molecule has 0 bridgehead atoms. The first kappa shape index (κ1) is 73.6. The standard InChI is InChI=1S/C71H124O6/c1-4-7-10-13-16-19-21-23-25-27-29-31-33-34-35-36-38-39-41-43-45-47-49-52-55-58-61-64-70(73)76-67-68(66-75-69(72)63-60-57-54-51-18-15-12-9-6-3)77-71(74)65-62-59-56-53-50-48-46-44-42-40-37-32-30-28-26-24-22-20-17-14-11-8-5-2/h8,11,17,20,24,26,30,32,40,42,46,48,53,56,68H,4-7,9-10,12-16,18-19,21-23,25,27-29,31,33-39,41,43-45,47,49-52,54-55,57-67H2,1-3H3/b11-8-,20-17-,26-24-,32-30-,42-40-,48-46-,56-53-. The van der Waals surface area contributed by atoms with Crippen molar-refractivity contribution in [2.45, 2.75) is 335 Å². The van der Waals surface area contributed by atoms with E-state index in [0.717, 1.165) is 89.9 Å². The summed E-state index contributed by atoms with van der Waals surface area (Å²) in [7, 11) is 0. The molecule has 0 aromatic carbocycles. The summed E-state index contributed by atoms with van der Waals surface area (Å²) in [6.07, 6.45) is 86.3. The number of hydrogen-bond acceptors (Lipinski definition) is 6. The maximum Gasteiger partial charge on any atom is 0.306 e. The number of unbranched alkanes of at least 4 members (excludes halogenated alkanes) is 35. The molecule has 77 heavy (non-hydrogen) atoms. The smallest absolute Gasteiger partial charge is 0.306 e. The topological polar surface area (TPSA) is 78.9 Å². The molecule has 6 heteroatoms. The highest BCUT2D eigenvalue weighted by Crippen LogP contribution is 2.17. The van der Waals surface area contributed by atoms with Crippen LogP contribution in [-0.2, 0) is 28.6 Å². The Hall–Kier alpha value is -3.41. The molecule has 0 aliphatic heterocycles. The summed E-state index contributed by atoms with van der Waals surface area (Å²) in [6.45, 7) is 6.50. The van der Waals surface area contributed by atoms with Crippen LogP contribution in [-0.4, -0.2) is 37.2 Å². The monoisotopic (exact) mass is 1070 g/mol. The van der Waals surface area contributed by atoms with E-state index in [1.165, 1.54) is 193 Å². The second-order valence-corrected chi connectivity index (χ2v) is 22.0. The molecule has 0 heterocycles. The fraction of sp³-hybridized carbons (Fsp3) is 0.761. The molecular formula is C71H124O6. The van der Waals surface area contributed by atoms with E-state index < -0.39 is 6.10 Å². The summed E-state index contributed by atoms with van der Waals surface area (Å²) >= 11 is 0. The van der Waals surface area contributed by atoms with Crippen molar-refractivity contribution in [3.8, 4) is 0 Å². The third-order valence-corrected chi connectivity index (χ3v) is 14.4. The van der Waals surface area contributed by atoms with Gasteiger partial charge < -0.3 is 14.2 Å². The molecule has 0 spiro atoms. The SMILES string of the molecule is CC/C=C\C/C=C\C/C=C\C/C=C\C/C=C\C/C=C\C/C=C\CCCC(=O)OC(COC(=O)CCCCCCCCCCC)COC(=O)CCCCCCCCCCCCCCCCCCCCCCCCCCCCC. The van der Waals surface area contributed by atoms with E-state index >= 15 is 0 Å². The summed E-state index contributed by atoms with van der Waals surface area (Å²) in [5.74, 6) is -0.946. The van der Waals surface area contributed by atoms with Crippen molar-refractivity contribution in [2.24, 2.45) is 0 Å². The van der Waals surface area contributed by atoms with Gasteiger partial charge >= 0.3 is 17.9 Å². The molecule has 0 radical (unpaired) electrons. The minimum Gasteiger partial charge on any atom is -0.462 e. The van der Waals surface area contributed by atoms with Gasteiger partial charge in [0.25, 0.3) is 0 Å². The van der Waals surface area contributed by atoms with Gasteiger partial charge in [0.15, 0.2) is 6.10 Å². The van der Waals surface area contributed by atoms with E-state index in [2.05, 4.69) is 106 Å². The van der Waals surface area contributed by atoms with Gasteiger partial charge in [-0.2, -0.15) is 0 Å². The number of carbonyl (C=O) groups is 3. The van der Waals surface area contributed by atoms with E-state index in [-0.39, 0.29) is 37.5 Å². The maximum atomic E-state index is 12.9. The van der Waals surface area contributed by atoms with Crippen LogP contribution in [0.1, 0.15) is 329 Å². The van der Waals surface area contributed by atoms with Crippen LogP contribution in [0.25, 0.3) is 0 Å². The predicted octanol–water partition coefficient (Wildman–Crippen LogP) is 22.7. The Balaban J connectivity index is 4.24. The summed E-state index contributed by atoms with van der Waals surface area (Å²) in [4.78, 5) is 38.2. The van der Waals surface area contributed by atoms with Gasteiger partial charge in [0, 0.05) is 19.3 Å². The number of esters is 3. The van der Waals surface area contributed by atoms with Crippen LogP contribution in [0.5, 0.6) is 0 Å². The lowest BCUT2D eigenvalue weighted by Gasteiger charge is -2.18. The second-order valence-electron chi connectivity index (χ2n) is 22.0. The van der Waals surface area contributed by atoms with Crippen molar-refractivity contribution >= 4 is 17.9 Å². The molecule has 0 saturated heterocycles. The number of allylic oxidation sites excluding steroid dienone is 14. The van der Waals surface area contributed by atoms with Gasteiger partial charge in [-0.05, 0) is 70.6 Å². The molecule has 0 saturated carbocycles. The van der Waals surface area contributed by atoms with Gasteiger partial charge in [-0.25, -0.2) is 0 Å². The van der Waals surface area contributed by atoms with Crippen LogP contribution in [0, 0.1) is 0 Å². The Morgan fingerprint density at radius 1 is 0.273 bits per heavy atom. The zero-order valence-electron chi connectivity index (χ0n) is 51.0. The van der Waals surface area contributed by atoms with Crippen LogP contribution >= 0.6 is 0 Å². The molecule has 0 aromatic rings. The Kier molecular flexibility index (Phi) is 62.2. The van der Waals surface area contributed by atoms with Crippen molar-refractivity contribution in [1.29, 1.82) is 0 Å². The molecule has 6 nitrogen and oxygen atoms in total. The van der Waals surface area contributed by atoms with Crippen molar-refractivity contribution in [1.82, 2.24) is 0 Å². The van der Waals surface area contributed by atoms with E-state index in [4.69, 9.17) is 14.2 Å².